The molecular formula is C12H22O4. The third-order valence-electron chi connectivity index (χ3n) is 3.07. The predicted molar refractivity (Wildman–Crippen MR) is 60.1 cm³/mol. The van der Waals surface area contributed by atoms with Crippen LogP contribution in [0.4, 0.5) is 0 Å². The summed E-state index contributed by atoms with van der Waals surface area (Å²) in [6, 6.07) is 0. The van der Waals surface area contributed by atoms with Gasteiger partial charge in [0.25, 0.3) is 0 Å². The van der Waals surface area contributed by atoms with Crippen LogP contribution in [0, 0.1) is 5.41 Å². The van der Waals surface area contributed by atoms with Crippen molar-refractivity contribution in [3.63, 3.8) is 0 Å². The summed E-state index contributed by atoms with van der Waals surface area (Å²) in [5, 5.41) is 9.07. The summed E-state index contributed by atoms with van der Waals surface area (Å²) in [6.07, 6.45) is 2.22. The van der Waals surface area contributed by atoms with Gasteiger partial charge in [-0.3, -0.25) is 4.79 Å². The molecule has 3 unspecified atom stereocenters. The Labute approximate surface area is 96.9 Å². The molecule has 1 fully saturated rings. The Kier molecular flexibility index (Phi) is 4.33. The first-order valence-corrected chi connectivity index (χ1v) is 5.89. The molecule has 3 atom stereocenters. The van der Waals surface area contributed by atoms with Crippen molar-refractivity contribution in [3.05, 3.63) is 0 Å². The Hall–Kier alpha value is -0.610. The Bertz CT molecular complexity index is 249. The fourth-order valence-corrected chi connectivity index (χ4v) is 2.03. The highest BCUT2D eigenvalue weighted by Gasteiger charge is 2.35. The molecule has 1 aliphatic rings. The van der Waals surface area contributed by atoms with E-state index in [-0.39, 0.29) is 18.5 Å². The minimum absolute atomic E-state index is 0.0141. The zero-order valence-electron chi connectivity index (χ0n) is 10.5. The largest absolute Gasteiger partial charge is 0.481 e. The van der Waals surface area contributed by atoms with E-state index < -0.39 is 11.4 Å². The van der Waals surface area contributed by atoms with E-state index in [4.69, 9.17) is 14.6 Å². The first-order chi connectivity index (χ1) is 7.35. The van der Waals surface area contributed by atoms with Crippen LogP contribution >= 0.6 is 0 Å². The second-order valence-electron chi connectivity index (χ2n) is 5.12. The summed E-state index contributed by atoms with van der Waals surface area (Å²) in [5.74, 6) is -0.775. The third kappa shape index (κ3) is 3.46. The van der Waals surface area contributed by atoms with Gasteiger partial charge in [0.2, 0.25) is 0 Å². The van der Waals surface area contributed by atoms with Gasteiger partial charge in [-0.05, 0) is 33.6 Å². The van der Waals surface area contributed by atoms with Gasteiger partial charge in [-0.2, -0.15) is 0 Å². The van der Waals surface area contributed by atoms with E-state index in [1.165, 1.54) is 0 Å². The van der Waals surface area contributed by atoms with Gasteiger partial charge in [-0.25, -0.2) is 0 Å². The summed E-state index contributed by atoms with van der Waals surface area (Å²) in [6.45, 7) is 7.41. The van der Waals surface area contributed by atoms with Gasteiger partial charge in [0, 0.05) is 6.42 Å². The van der Waals surface area contributed by atoms with Crippen LogP contribution in [0.15, 0.2) is 0 Å². The number of carboxylic acid groups (broad SMARTS) is 1. The lowest BCUT2D eigenvalue weighted by Gasteiger charge is -2.36. The molecular weight excluding hydrogens is 208 g/mol. The number of carbonyl (C=O) groups is 1. The van der Waals surface area contributed by atoms with Gasteiger partial charge in [-0.1, -0.05) is 6.92 Å². The van der Waals surface area contributed by atoms with Crippen molar-refractivity contribution in [2.24, 2.45) is 5.41 Å². The zero-order valence-corrected chi connectivity index (χ0v) is 10.5. The number of aliphatic carboxylic acids is 1. The zero-order chi connectivity index (χ0) is 12.3. The second kappa shape index (κ2) is 5.15. The summed E-state index contributed by atoms with van der Waals surface area (Å²) in [7, 11) is 0. The standard InChI is InChI=1S/C12H22O4/c1-5-9-6-10(16-8(2)15-9)7-12(3,4)11(13)14/h8-10H,5-7H2,1-4H3,(H,13,14). The maximum atomic E-state index is 11.0. The van der Waals surface area contributed by atoms with Crippen molar-refractivity contribution in [1.29, 1.82) is 0 Å². The highest BCUT2D eigenvalue weighted by Crippen LogP contribution is 2.30. The average Bonchev–Trinajstić information content (AvgIpc) is 2.15. The molecule has 1 saturated heterocycles. The van der Waals surface area contributed by atoms with Crippen LogP contribution in [0.25, 0.3) is 0 Å². The van der Waals surface area contributed by atoms with Gasteiger partial charge < -0.3 is 14.6 Å². The van der Waals surface area contributed by atoms with E-state index in [0.717, 1.165) is 12.8 Å². The first kappa shape index (κ1) is 13.5. The van der Waals surface area contributed by atoms with Gasteiger partial charge in [0.05, 0.1) is 17.6 Å². The molecule has 4 nitrogen and oxygen atoms in total. The molecule has 0 aromatic rings. The highest BCUT2D eigenvalue weighted by molar-refractivity contribution is 5.73. The molecule has 1 N–H and O–H groups in total. The Morgan fingerprint density at radius 2 is 1.94 bits per heavy atom. The molecule has 0 spiro atoms. The van der Waals surface area contributed by atoms with E-state index in [2.05, 4.69) is 6.92 Å². The molecule has 16 heavy (non-hydrogen) atoms. The first-order valence-electron chi connectivity index (χ1n) is 5.89. The number of carboxylic acids is 1. The summed E-state index contributed by atoms with van der Waals surface area (Å²) in [4.78, 5) is 11.0. The van der Waals surface area contributed by atoms with Crippen molar-refractivity contribution in [1.82, 2.24) is 0 Å². The maximum Gasteiger partial charge on any atom is 0.309 e. The number of hydrogen-bond acceptors (Lipinski definition) is 3. The Morgan fingerprint density at radius 3 is 2.44 bits per heavy atom. The van der Waals surface area contributed by atoms with Gasteiger partial charge in [0.15, 0.2) is 6.29 Å². The monoisotopic (exact) mass is 230 g/mol. The van der Waals surface area contributed by atoms with Crippen LogP contribution in [0.5, 0.6) is 0 Å². The normalized spacial score (nSPS) is 31.4. The third-order valence-corrected chi connectivity index (χ3v) is 3.07. The van der Waals surface area contributed by atoms with E-state index in [0.29, 0.717) is 6.42 Å². The lowest BCUT2D eigenvalue weighted by molar-refractivity contribution is -0.239. The summed E-state index contributed by atoms with van der Waals surface area (Å²) >= 11 is 0. The fourth-order valence-electron chi connectivity index (χ4n) is 2.03. The Morgan fingerprint density at radius 1 is 1.38 bits per heavy atom. The van der Waals surface area contributed by atoms with Crippen molar-refractivity contribution in [2.75, 3.05) is 0 Å². The Balaban J connectivity index is 2.57. The smallest absolute Gasteiger partial charge is 0.309 e. The number of ether oxygens (including phenoxy) is 2. The van der Waals surface area contributed by atoms with Gasteiger partial charge in [0.1, 0.15) is 0 Å². The molecule has 1 rings (SSSR count). The topological polar surface area (TPSA) is 55.8 Å². The van der Waals surface area contributed by atoms with Crippen LogP contribution in [-0.2, 0) is 14.3 Å². The minimum atomic E-state index is -0.775. The van der Waals surface area contributed by atoms with Crippen LogP contribution in [0.3, 0.4) is 0 Å². The molecule has 0 bridgehead atoms. The molecule has 94 valence electrons. The van der Waals surface area contributed by atoms with Crippen LogP contribution in [0.1, 0.15) is 47.0 Å². The van der Waals surface area contributed by atoms with E-state index in [1.54, 1.807) is 13.8 Å². The lowest BCUT2D eigenvalue weighted by atomic mass is 9.85. The molecule has 0 aromatic carbocycles. The van der Waals surface area contributed by atoms with E-state index >= 15 is 0 Å². The molecule has 0 amide bonds. The molecule has 0 radical (unpaired) electrons. The highest BCUT2D eigenvalue weighted by atomic mass is 16.7. The van der Waals surface area contributed by atoms with Crippen LogP contribution in [-0.4, -0.2) is 29.6 Å². The van der Waals surface area contributed by atoms with Crippen molar-refractivity contribution < 1.29 is 19.4 Å². The number of hydrogen-bond donors (Lipinski definition) is 1. The van der Waals surface area contributed by atoms with E-state index in [9.17, 15) is 4.79 Å². The summed E-state index contributed by atoms with van der Waals surface area (Å²) < 4.78 is 11.2. The summed E-state index contributed by atoms with van der Waals surface area (Å²) in [5.41, 5.74) is -0.736. The van der Waals surface area contributed by atoms with Crippen LogP contribution in [0.2, 0.25) is 0 Å². The van der Waals surface area contributed by atoms with Gasteiger partial charge in [-0.15, -0.1) is 0 Å². The molecule has 0 aliphatic carbocycles. The van der Waals surface area contributed by atoms with E-state index in [1.807, 2.05) is 6.92 Å². The molecule has 1 aliphatic heterocycles. The predicted octanol–water partition coefficient (Wildman–Crippen LogP) is 2.42. The maximum absolute atomic E-state index is 11.0. The SMILES string of the molecule is CCC1CC(CC(C)(C)C(=O)O)OC(C)O1. The van der Waals surface area contributed by atoms with Crippen molar-refractivity contribution in [2.45, 2.75) is 65.5 Å². The molecule has 1 heterocycles. The quantitative estimate of drug-likeness (QED) is 0.805. The molecule has 4 heteroatoms. The van der Waals surface area contributed by atoms with Crippen molar-refractivity contribution in [3.8, 4) is 0 Å². The molecule has 0 saturated carbocycles. The second-order valence-corrected chi connectivity index (χ2v) is 5.12. The average molecular weight is 230 g/mol. The lowest BCUT2D eigenvalue weighted by Crippen LogP contribution is -2.40. The minimum Gasteiger partial charge on any atom is -0.481 e. The van der Waals surface area contributed by atoms with Gasteiger partial charge >= 0.3 is 5.97 Å². The molecule has 0 aromatic heterocycles. The van der Waals surface area contributed by atoms with Crippen LogP contribution < -0.4 is 0 Å². The fraction of sp³-hybridized carbons (Fsp3) is 0.917. The van der Waals surface area contributed by atoms with Crippen molar-refractivity contribution >= 4 is 5.97 Å². The number of rotatable bonds is 4.